The first kappa shape index (κ1) is 12.7. The van der Waals surface area contributed by atoms with Crippen molar-refractivity contribution in [1.29, 1.82) is 0 Å². The molecule has 0 aromatic heterocycles. The fraction of sp³-hybridized carbons (Fsp3) is 0.833. The van der Waals surface area contributed by atoms with E-state index < -0.39 is 0 Å². The van der Waals surface area contributed by atoms with Crippen LogP contribution in [0.3, 0.4) is 0 Å². The monoisotopic (exact) mass is 212 g/mol. The third-order valence-corrected chi connectivity index (χ3v) is 2.77. The van der Waals surface area contributed by atoms with Gasteiger partial charge in [0.2, 0.25) is 0 Å². The van der Waals surface area contributed by atoms with Gasteiger partial charge in [-0.05, 0) is 45.8 Å². The highest BCUT2D eigenvalue weighted by molar-refractivity contribution is 4.90. The van der Waals surface area contributed by atoms with Gasteiger partial charge in [0, 0.05) is 13.1 Å². The third-order valence-electron chi connectivity index (χ3n) is 2.77. The summed E-state index contributed by atoms with van der Waals surface area (Å²) in [6.07, 6.45) is 7.97. The number of likely N-dealkylation sites (N-methyl/N-ethyl adjacent to an activating group) is 1. The molecule has 0 saturated heterocycles. The quantitative estimate of drug-likeness (QED) is 0.641. The highest BCUT2D eigenvalue weighted by Gasteiger charge is 2.10. The van der Waals surface area contributed by atoms with E-state index in [-0.39, 0.29) is 6.10 Å². The van der Waals surface area contributed by atoms with Crippen LogP contribution in [-0.4, -0.2) is 49.8 Å². The summed E-state index contributed by atoms with van der Waals surface area (Å²) in [6.45, 7) is 2.48. The number of rotatable bonds is 6. The molecule has 3 nitrogen and oxygen atoms in total. The van der Waals surface area contributed by atoms with Crippen molar-refractivity contribution in [2.24, 2.45) is 5.92 Å². The predicted molar refractivity (Wildman–Crippen MR) is 63.9 cm³/mol. The summed E-state index contributed by atoms with van der Waals surface area (Å²) < 4.78 is 0. The molecule has 1 aliphatic rings. The van der Waals surface area contributed by atoms with Crippen LogP contribution in [0.2, 0.25) is 0 Å². The second kappa shape index (κ2) is 6.99. The molecule has 0 aliphatic heterocycles. The zero-order valence-electron chi connectivity index (χ0n) is 9.95. The number of hydrogen-bond donors (Lipinski definition) is 2. The van der Waals surface area contributed by atoms with Gasteiger partial charge in [-0.2, -0.15) is 0 Å². The Labute approximate surface area is 93.2 Å². The molecule has 0 saturated carbocycles. The number of aliphatic hydroxyl groups is 1. The van der Waals surface area contributed by atoms with Crippen LogP contribution >= 0.6 is 0 Å². The largest absolute Gasteiger partial charge is 0.390 e. The minimum absolute atomic E-state index is 0.251. The molecule has 0 aromatic carbocycles. The number of allylic oxidation sites excluding steroid dienone is 2. The molecule has 0 aromatic rings. The summed E-state index contributed by atoms with van der Waals surface area (Å²) in [4.78, 5) is 2.01. The molecule has 0 fully saturated rings. The van der Waals surface area contributed by atoms with Gasteiger partial charge in [-0.25, -0.2) is 0 Å². The van der Waals surface area contributed by atoms with Crippen molar-refractivity contribution >= 4 is 0 Å². The zero-order chi connectivity index (χ0) is 11.1. The molecule has 1 rings (SSSR count). The van der Waals surface area contributed by atoms with E-state index >= 15 is 0 Å². The van der Waals surface area contributed by atoms with Crippen molar-refractivity contribution in [1.82, 2.24) is 10.2 Å². The average molecular weight is 212 g/mol. The Hall–Kier alpha value is -0.380. The van der Waals surface area contributed by atoms with Crippen LogP contribution in [-0.2, 0) is 0 Å². The molecule has 0 spiro atoms. The van der Waals surface area contributed by atoms with Gasteiger partial charge in [0.15, 0.2) is 0 Å². The van der Waals surface area contributed by atoms with E-state index in [2.05, 4.69) is 17.5 Å². The maximum atomic E-state index is 9.63. The highest BCUT2D eigenvalue weighted by atomic mass is 16.3. The van der Waals surface area contributed by atoms with E-state index in [1.54, 1.807) is 0 Å². The van der Waals surface area contributed by atoms with Crippen LogP contribution in [0, 0.1) is 5.92 Å². The van der Waals surface area contributed by atoms with Crippen molar-refractivity contribution in [3.63, 3.8) is 0 Å². The molecule has 3 heteroatoms. The van der Waals surface area contributed by atoms with Gasteiger partial charge >= 0.3 is 0 Å². The lowest BCUT2D eigenvalue weighted by molar-refractivity contribution is 0.133. The Morgan fingerprint density at radius 2 is 2.27 bits per heavy atom. The fourth-order valence-corrected chi connectivity index (χ4v) is 1.98. The maximum Gasteiger partial charge on any atom is 0.0791 e. The van der Waals surface area contributed by atoms with E-state index in [0.717, 1.165) is 19.0 Å². The number of nitrogens with zero attached hydrogens (tertiary/aromatic N) is 1. The number of aliphatic hydroxyl groups excluding tert-OH is 1. The summed E-state index contributed by atoms with van der Waals surface area (Å²) >= 11 is 0. The Kier molecular flexibility index (Phi) is 5.91. The highest BCUT2D eigenvalue weighted by Crippen LogP contribution is 2.16. The molecular formula is C12H24N2O. The van der Waals surface area contributed by atoms with Gasteiger partial charge in [-0.15, -0.1) is 0 Å². The summed E-state index contributed by atoms with van der Waals surface area (Å²) in [5, 5.41) is 13.0. The lowest BCUT2D eigenvalue weighted by Crippen LogP contribution is -2.37. The van der Waals surface area contributed by atoms with Gasteiger partial charge in [0.1, 0.15) is 0 Å². The van der Waals surface area contributed by atoms with Crippen LogP contribution in [0.1, 0.15) is 19.3 Å². The standard InChI is InChI=1S/C12H24N2O/c1-14(2)10-12(15)9-13-8-11-6-4-3-5-7-11/h3-4,11-13,15H,5-10H2,1-2H3. The average Bonchev–Trinajstić information content (AvgIpc) is 2.18. The van der Waals surface area contributed by atoms with E-state index in [1.807, 2.05) is 19.0 Å². The van der Waals surface area contributed by atoms with Crippen molar-refractivity contribution in [2.75, 3.05) is 33.7 Å². The fourth-order valence-electron chi connectivity index (χ4n) is 1.98. The molecule has 15 heavy (non-hydrogen) atoms. The van der Waals surface area contributed by atoms with Gasteiger partial charge in [-0.1, -0.05) is 12.2 Å². The molecule has 2 N–H and O–H groups in total. The first-order valence-electron chi connectivity index (χ1n) is 5.87. The van der Waals surface area contributed by atoms with E-state index in [1.165, 1.54) is 19.3 Å². The smallest absolute Gasteiger partial charge is 0.0791 e. The van der Waals surface area contributed by atoms with Crippen LogP contribution in [0.25, 0.3) is 0 Å². The molecule has 2 atom stereocenters. The van der Waals surface area contributed by atoms with Crippen LogP contribution in [0.4, 0.5) is 0 Å². The minimum atomic E-state index is -0.251. The van der Waals surface area contributed by atoms with E-state index in [0.29, 0.717) is 6.54 Å². The second-order valence-electron chi connectivity index (χ2n) is 4.72. The molecular weight excluding hydrogens is 188 g/mol. The van der Waals surface area contributed by atoms with Crippen molar-refractivity contribution in [3.05, 3.63) is 12.2 Å². The number of hydrogen-bond acceptors (Lipinski definition) is 3. The van der Waals surface area contributed by atoms with Gasteiger partial charge in [0.05, 0.1) is 6.10 Å². The summed E-state index contributed by atoms with van der Waals surface area (Å²) in [5.41, 5.74) is 0. The van der Waals surface area contributed by atoms with E-state index in [9.17, 15) is 5.11 Å². The maximum absolute atomic E-state index is 9.63. The SMILES string of the molecule is CN(C)CC(O)CNCC1CC=CCC1. The first-order valence-corrected chi connectivity index (χ1v) is 5.87. The third kappa shape index (κ3) is 5.92. The van der Waals surface area contributed by atoms with Crippen molar-refractivity contribution < 1.29 is 5.11 Å². The normalized spacial score (nSPS) is 23.3. The Balaban J connectivity index is 2.02. The van der Waals surface area contributed by atoms with Crippen LogP contribution in [0.15, 0.2) is 12.2 Å². The zero-order valence-corrected chi connectivity index (χ0v) is 9.95. The summed E-state index contributed by atoms with van der Waals surface area (Å²) in [7, 11) is 3.96. The first-order chi connectivity index (χ1) is 7.18. The molecule has 0 bridgehead atoms. The van der Waals surface area contributed by atoms with Gasteiger partial charge < -0.3 is 15.3 Å². The Morgan fingerprint density at radius 3 is 2.87 bits per heavy atom. The molecule has 0 heterocycles. The molecule has 2 unspecified atom stereocenters. The second-order valence-corrected chi connectivity index (χ2v) is 4.72. The Morgan fingerprint density at radius 1 is 1.47 bits per heavy atom. The molecule has 88 valence electrons. The van der Waals surface area contributed by atoms with Crippen LogP contribution in [0.5, 0.6) is 0 Å². The lowest BCUT2D eigenvalue weighted by Gasteiger charge is -2.20. The van der Waals surface area contributed by atoms with Gasteiger partial charge in [0.25, 0.3) is 0 Å². The Bertz CT molecular complexity index is 192. The minimum Gasteiger partial charge on any atom is -0.390 e. The van der Waals surface area contributed by atoms with Crippen LogP contribution < -0.4 is 5.32 Å². The lowest BCUT2D eigenvalue weighted by atomic mass is 9.94. The van der Waals surface area contributed by atoms with Crippen molar-refractivity contribution in [3.8, 4) is 0 Å². The number of nitrogens with one attached hydrogen (secondary N) is 1. The summed E-state index contributed by atoms with van der Waals surface area (Å²) in [6, 6.07) is 0. The molecule has 0 amide bonds. The molecule has 1 aliphatic carbocycles. The van der Waals surface area contributed by atoms with Crippen molar-refractivity contribution in [2.45, 2.75) is 25.4 Å². The van der Waals surface area contributed by atoms with Gasteiger partial charge in [-0.3, -0.25) is 0 Å². The molecule has 0 radical (unpaired) electrons. The van der Waals surface area contributed by atoms with E-state index in [4.69, 9.17) is 0 Å². The predicted octanol–water partition coefficient (Wildman–Crippen LogP) is 0.855. The topological polar surface area (TPSA) is 35.5 Å². The summed E-state index contributed by atoms with van der Waals surface area (Å²) in [5.74, 6) is 0.765.